The summed E-state index contributed by atoms with van der Waals surface area (Å²) in [5.41, 5.74) is 0. The molecule has 0 aliphatic rings. The van der Waals surface area contributed by atoms with Crippen LogP contribution in [0.2, 0.25) is 0 Å². The minimum Gasteiger partial charge on any atom is -0.453 e. The van der Waals surface area contributed by atoms with Crippen molar-refractivity contribution in [2.45, 2.75) is 17.9 Å². The molecule has 112 valence electrons. The summed E-state index contributed by atoms with van der Waals surface area (Å²) in [5, 5.41) is 3.47. The Hall–Kier alpha value is -2.28. The summed E-state index contributed by atoms with van der Waals surface area (Å²) in [6.45, 7) is 1.36. The van der Waals surface area contributed by atoms with E-state index < -0.39 is 24.1 Å². The number of alkyl carbamates (subject to hydrolysis) is 1. The van der Waals surface area contributed by atoms with Gasteiger partial charge in [0.25, 0.3) is 5.91 Å². The van der Waals surface area contributed by atoms with E-state index >= 15 is 0 Å². The Kier molecular flexibility index (Phi) is 7.03. The number of amides is 2. The Morgan fingerprint density at radius 3 is 2.52 bits per heavy atom. The zero-order valence-corrected chi connectivity index (χ0v) is 12.4. The molecule has 0 heterocycles. The summed E-state index contributed by atoms with van der Waals surface area (Å²) in [7, 11) is 1.13. The number of hydrogen-bond donors (Lipinski definition) is 1. The quantitative estimate of drug-likeness (QED) is 0.509. The van der Waals surface area contributed by atoms with Gasteiger partial charge in [0.2, 0.25) is 0 Å². The number of hydrogen-bond acceptors (Lipinski definition) is 6. The first kappa shape index (κ1) is 16.8. The molecule has 0 radical (unpaired) electrons. The molecule has 1 N–H and O–H groups in total. The van der Waals surface area contributed by atoms with Crippen molar-refractivity contribution in [3.05, 3.63) is 41.8 Å². The Balaban J connectivity index is 2.39. The predicted octanol–water partition coefficient (Wildman–Crippen LogP) is 2.11. The molecule has 2 amide bonds. The Bertz CT molecular complexity index is 529. The van der Waals surface area contributed by atoms with E-state index in [9.17, 15) is 14.4 Å². The largest absolute Gasteiger partial charge is 0.453 e. The van der Waals surface area contributed by atoms with Crippen LogP contribution in [0.15, 0.2) is 46.7 Å². The van der Waals surface area contributed by atoms with Crippen LogP contribution < -0.4 is 5.32 Å². The van der Waals surface area contributed by atoms with Crippen molar-refractivity contribution < 1.29 is 23.9 Å². The predicted molar refractivity (Wildman–Crippen MR) is 77.5 cm³/mol. The maximum atomic E-state index is 11.5. The highest BCUT2D eigenvalue weighted by Crippen LogP contribution is 2.17. The number of carbonyl (C=O) groups is 3. The summed E-state index contributed by atoms with van der Waals surface area (Å²) < 4.78 is 9.10. The van der Waals surface area contributed by atoms with E-state index in [1.54, 1.807) is 5.41 Å². The van der Waals surface area contributed by atoms with Crippen molar-refractivity contribution in [2.24, 2.45) is 0 Å². The van der Waals surface area contributed by atoms with E-state index in [1.807, 2.05) is 35.6 Å². The summed E-state index contributed by atoms with van der Waals surface area (Å²) in [4.78, 5) is 34.7. The number of benzene rings is 1. The molecule has 0 saturated heterocycles. The maximum absolute atomic E-state index is 11.5. The van der Waals surface area contributed by atoms with Gasteiger partial charge in [0.05, 0.1) is 7.11 Å². The average molecular weight is 309 g/mol. The molecule has 0 fully saturated rings. The molecule has 0 aliphatic heterocycles. The maximum Gasteiger partial charge on any atom is 0.413 e. The molecule has 1 rings (SSSR count). The van der Waals surface area contributed by atoms with Gasteiger partial charge in [-0.2, -0.15) is 0 Å². The minimum absolute atomic E-state index is 0.675. The highest BCUT2D eigenvalue weighted by molar-refractivity contribution is 8.02. The summed E-state index contributed by atoms with van der Waals surface area (Å²) >= 11 is 1.34. The molecule has 0 spiro atoms. The smallest absolute Gasteiger partial charge is 0.413 e. The third kappa shape index (κ3) is 6.62. The normalized spacial score (nSPS) is 11.7. The van der Waals surface area contributed by atoms with Crippen molar-refractivity contribution in [3.63, 3.8) is 0 Å². The number of esters is 1. The molecule has 0 aliphatic carbocycles. The van der Waals surface area contributed by atoms with Crippen molar-refractivity contribution in [1.29, 1.82) is 0 Å². The van der Waals surface area contributed by atoms with Gasteiger partial charge < -0.3 is 9.47 Å². The number of rotatable bonds is 5. The molecule has 1 aromatic rings. The average Bonchev–Trinajstić information content (AvgIpc) is 2.48. The van der Waals surface area contributed by atoms with Gasteiger partial charge in [-0.05, 0) is 24.5 Å². The zero-order valence-electron chi connectivity index (χ0n) is 11.6. The van der Waals surface area contributed by atoms with Crippen LogP contribution in [0.1, 0.15) is 6.92 Å². The SMILES string of the molecule is COC(=O)NC(=O)[C@H](C)OC(=O)/C=C/Sc1ccccc1. The Morgan fingerprint density at radius 1 is 1.24 bits per heavy atom. The van der Waals surface area contributed by atoms with E-state index in [1.165, 1.54) is 24.8 Å². The van der Waals surface area contributed by atoms with Gasteiger partial charge in [-0.25, -0.2) is 9.59 Å². The first-order chi connectivity index (χ1) is 10.0. The molecule has 21 heavy (non-hydrogen) atoms. The lowest BCUT2D eigenvalue weighted by atomic mass is 10.4. The fourth-order valence-corrected chi connectivity index (χ4v) is 1.84. The van der Waals surface area contributed by atoms with Crippen LogP contribution >= 0.6 is 11.8 Å². The fourth-order valence-electron chi connectivity index (χ4n) is 1.19. The molecular formula is C14H15NO5S. The zero-order chi connectivity index (χ0) is 15.7. The molecular weight excluding hydrogens is 294 g/mol. The van der Waals surface area contributed by atoms with E-state index in [-0.39, 0.29) is 0 Å². The lowest BCUT2D eigenvalue weighted by molar-refractivity contribution is -0.149. The molecule has 0 unspecified atom stereocenters. The molecule has 6 nitrogen and oxygen atoms in total. The van der Waals surface area contributed by atoms with Crippen molar-refractivity contribution >= 4 is 29.7 Å². The van der Waals surface area contributed by atoms with Gasteiger partial charge >= 0.3 is 12.1 Å². The lowest BCUT2D eigenvalue weighted by Crippen LogP contribution is -2.39. The molecule has 0 aromatic heterocycles. The van der Waals surface area contributed by atoms with Gasteiger partial charge in [0, 0.05) is 11.0 Å². The van der Waals surface area contributed by atoms with Gasteiger partial charge in [-0.15, -0.1) is 0 Å². The van der Waals surface area contributed by atoms with Gasteiger partial charge in [0.15, 0.2) is 6.10 Å². The van der Waals surface area contributed by atoms with Crippen LogP contribution in [0.3, 0.4) is 0 Å². The van der Waals surface area contributed by atoms with Gasteiger partial charge in [-0.1, -0.05) is 30.0 Å². The standard InChI is InChI=1S/C14H15NO5S/c1-10(13(17)15-14(18)19-2)20-12(16)8-9-21-11-6-4-3-5-7-11/h3-10H,1-2H3,(H,15,17,18)/b9-8+/t10-/m0/s1. The minimum atomic E-state index is -1.09. The lowest BCUT2D eigenvalue weighted by Gasteiger charge is -2.10. The van der Waals surface area contributed by atoms with Gasteiger partial charge in [0.1, 0.15) is 0 Å². The topological polar surface area (TPSA) is 81.7 Å². The van der Waals surface area contributed by atoms with Crippen molar-refractivity contribution in [1.82, 2.24) is 5.32 Å². The van der Waals surface area contributed by atoms with E-state index in [2.05, 4.69) is 4.74 Å². The molecule has 0 bridgehead atoms. The molecule has 1 aromatic carbocycles. The number of imide groups is 1. The number of methoxy groups -OCH3 is 1. The number of ether oxygens (including phenoxy) is 2. The number of nitrogens with one attached hydrogen (secondary N) is 1. The first-order valence-corrected chi connectivity index (χ1v) is 6.88. The van der Waals surface area contributed by atoms with Gasteiger partial charge in [-0.3, -0.25) is 10.1 Å². The van der Waals surface area contributed by atoms with E-state index in [4.69, 9.17) is 4.74 Å². The summed E-state index contributed by atoms with van der Waals surface area (Å²) in [6.07, 6.45) is -0.791. The molecule has 1 atom stereocenters. The van der Waals surface area contributed by atoms with E-state index in [0.29, 0.717) is 0 Å². The molecule has 0 saturated carbocycles. The van der Waals surface area contributed by atoms with Crippen LogP contribution in [-0.2, 0) is 19.1 Å². The van der Waals surface area contributed by atoms with Crippen LogP contribution in [0.25, 0.3) is 0 Å². The summed E-state index contributed by atoms with van der Waals surface area (Å²) in [6, 6.07) is 9.45. The monoisotopic (exact) mass is 309 g/mol. The summed E-state index contributed by atoms with van der Waals surface area (Å²) in [5.74, 6) is -1.43. The first-order valence-electron chi connectivity index (χ1n) is 6.00. The van der Waals surface area contributed by atoms with Crippen LogP contribution in [0, 0.1) is 0 Å². The van der Waals surface area contributed by atoms with Crippen LogP contribution in [0.4, 0.5) is 4.79 Å². The van der Waals surface area contributed by atoms with Crippen molar-refractivity contribution in [3.8, 4) is 0 Å². The number of carbonyl (C=O) groups excluding carboxylic acids is 3. The van der Waals surface area contributed by atoms with Crippen LogP contribution in [0.5, 0.6) is 0 Å². The second kappa shape index (κ2) is 8.80. The van der Waals surface area contributed by atoms with E-state index in [0.717, 1.165) is 12.0 Å². The fraction of sp³-hybridized carbons (Fsp3) is 0.214. The van der Waals surface area contributed by atoms with Crippen molar-refractivity contribution in [2.75, 3.05) is 7.11 Å². The molecule has 7 heteroatoms. The Labute approximate surface area is 126 Å². The number of thioether (sulfide) groups is 1. The highest BCUT2D eigenvalue weighted by atomic mass is 32.2. The highest BCUT2D eigenvalue weighted by Gasteiger charge is 2.18. The third-order valence-corrected chi connectivity index (χ3v) is 3.04. The Morgan fingerprint density at radius 2 is 1.90 bits per heavy atom. The third-order valence-electron chi connectivity index (χ3n) is 2.22. The second-order valence-electron chi connectivity index (χ2n) is 3.79. The van der Waals surface area contributed by atoms with Crippen LogP contribution in [-0.4, -0.2) is 31.2 Å². The second-order valence-corrected chi connectivity index (χ2v) is 4.77.